The predicted molar refractivity (Wildman–Crippen MR) is 117 cm³/mol. The van der Waals surface area contributed by atoms with Gasteiger partial charge in [-0.25, -0.2) is 4.79 Å². The van der Waals surface area contributed by atoms with Crippen LogP contribution in [0, 0.1) is 5.92 Å². The van der Waals surface area contributed by atoms with E-state index in [4.69, 9.17) is 9.84 Å². The fourth-order valence-corrected chi connectivity index (χ4v) is 4.13. The number of nitrogens with zero attached hydrogens (tertiary/aromatic N) is 4. The molecule has 2 heterocycles. The van der Waals surface area contributed by atoms with E-state index in [0.29, 0.717) is 18.5 Å². The third kappa shape index (κ3) is 4.83. The molecule has 0 aliphatic heterocycles. The third-order valence-electron chi connectivity index (χ3n) is 5.69. The Morgan fingerprint density at radius 2 is 1.93 bits per heavy atom. The maximum absolute atomic E-state index is 11.9. The smallest absolute Gasteiger partial charge is 0.407 e. The number of carbonyl (C=O) groups is 1. The molecule has 1 saturated carbocycles. The summed E-state index contributed by atoms with van der Waals surface area (Å²) in [4.78, 5) is 11.9. The molecular weight excluding hydrogens is 378 g/mol. The van der Waals surface area contributed by atoms with Gasteiger partial charge < -0.3 is 10.1 Å². The number of rotatable bonds is 4. The highest BCUT2D eigenvalue weighted by Gasteiger charge is 2.24. The van der Waals surface area contributed by atoms with Crippen LogP contribution in [0.25, 0.3) is 22.0 Å². The fraction of sp³-hybridized carbons (Fsp3) is 0.522. The number of ether oxygens (including phenoxy) is 1. The molecule has 7 nitrogen and oxygen atoms in total. The van der Waals surface area contributed by atoms with Gasteiger partial charge in [0.2, 0.25) is 0 Å². The Kier molecular flexibility index (Phi) is 5.54. The second-order valence-electron chi connectivity index (χ2n) is 9.34. The van der Waals surface area contributed by atoms with Crippen molar-refractivity contribution in [1.29, 1.82) is 0 Å². The van der Waals surface area contributed by atoms with Crippen LogP contribution >= 0.6 is 0 Å². The largest absolute Gasteiger partial charge is 0.444 e. The number of carbonyl (C=O) groups excluding carboxylic acids is 1. The summed E-state index contributed by atoms with van der Waals surface area (Å²) in [6.45, 7) is 6.32. The van der Waals surface area contributed by atoms with E-state index in [0.717, 1.165) is 47.7 Å². The lowest BCUT2D eigenvalue weighted by Crippen LogP contribution is -2.36. The van der Waals surface area contributed by atoms with Crippen molar-refractivity contribution < 1.29 is 9.53 Å². The summed E-state index contributed by atoms with van der Waals surface area (Å²) in [5.74, 6) is 0.496. The van der Waals surface area contributed by atoms with Gasteiger partial charge in [-0.3, -0.25) is 9.36 Å². The summed E-state index contributed by atoms with van der Waals surface area (Å²) in [5.41, 5.74) is 2.80. The Hall–Kier alpha value is -2.83. The van der Waals surface area contributed by atoms with Crippen molar-refractivity contribution >= 4 is 17.0 Å². The van der Waals surface area contributed by atoms with Crippen LogP contribution in [0.4, 0.5) is 4.79 Å². The quantitative estimate of drug-likeness (QED) is 0.678. The molecule has 7 heteroatoms. The van der Waals surface area contributed by atoms with Crippen LogP contribution in [0.3, 0.4) is 0 Å². The zero-order valence-corrected chi connectivity index (χ0v) is 18.3. The molecule has 0 radical (unpaired) electrons. The Morgan fingerprint density at radius 3 is 2.60 bits per heavy atom. The Bertz CT molecular complexity index is 1020. The Morgan fingerprint density at radius 1 is 1.17 bits per heavy atom. The topological polar surface area (TPSA) is 74.0 Å². The van der Waals surface area contributed by atoms with Gasteiger partial charge in [-0.15, -0.1) is 0 Å². The van der Waals surface area contributed by atoms with E-state index < -0.39 is 5.60 Å². The van der Waals surface area contributed by atoms with Gasteiger partial charge in [-0.1, -0.05) is 12.1 Å². The van der Waals surface area contributed by atoms with Crippen molar-refractivity contribution in [3.8, 4) is 11.1 Å². The molecule has 1 N–H and O–H groups in total. The molecule has 1 aromatic carbocycles. The summed E-state index contributed by atoms with van der Waals surface area (Å²) < 4.78 is 9.27. The molecule has 2 aromatic heterocycles. The Labute approximate surface area is 177 Å². The van der Waals surface area contributed by atoms with E-state index in [1.807, 2.05) is 44.9 Å². The molecule has 0 unspecified atom stereocenters. The molecule has 1 fully saturated rings. The van der Waals surface area contributed by atoms with Gasteiger partial charge in [0.05, 0.1) is 17.8 Å². The van der Waals surface area contributed by atoms with Crippen LogP contribution in [-0.4, -0.2) is 37.8 Å². The van der Waals surface area contributed by atoms with Crippen molar-refractivity contribution in [2.24, 2.45) is 13.0 Å². The van der Waals surface area contributed by atoms with Gasteiger partial charge in [0, 0.05) is 36.9 Å². The van der Waals surface area contributed by atoms with E-state index >= 15 is 0 Å². The van der Waals surface area contributed by atoms with Crippen LogP contribution in [0.15, 0.2) is 36.8 Å². The maximum atomic E-state index is 11.9. The highest BCUT2D eigenvalue weighted by molar-refractivity contribution is 5.83. The number of hydrogen-bond donors (Lipinski definition) is 1. The molecule has 0 atom stereocenters. The van der Waals surface area contributed by atoms with Crippen LogP contribution in [0.2, 0.25) is 0 Å². The number of fused-ring (bicyclic) bond motifs is 1. The van der Waals surface area contributed by atoms with Gasteiger partial charge in [-0.05, 0) is 64.0 Å². The summed E-state index contributed by atoms with van der Waals surface area (Å²) >= 11 is 0. The first kappa shape index (κ1) is 20.4. The van der Waals surface area contributed by atoms with Crippen molar-refractivity contribution in [1.82, 2.24) is 24.9 Å². The van der Waals surface area contributed by atoms with E-state index in [9.17, 15) is 4.79 Å². The molecule has 1 amide bonds. The van der Waals surface area contributed by atoms with Crippen LogP contribution in [-0.2, 0) is 11.8 Å². The molecule has 1 aliphatic rings. The molecule has 4 rings (SSSR count). The van der Waals surface area contributed by atoms with Gasteiger partial charge in [0.1, 0.15) is 5.60 Å². The number of hydrogen-bond acceptors (Lipinski definition) is 4. The highest BCUT2D eigenvalue weighted by Crippen LogP contribution is 2.33. The number of nitrogens with one attached hydrogen (secondary N) is 1. The van der Waals surface area contributed by atoms with Crippen LogP contribution < -0.4 is 5.32 Å². The monoisotopic (exact) mass is 409 g/mol. The average Bonchev–Trinajstić information content (AvgIpc) is 3.31. The lowest BCUT2D eigenvalue weighted by molar-refractivity contribution is 0.0513. The summed E-state index contributed by atoms with van der Waals surface area (Å²) in [6, 6.07) is 6.82. The second kappa shape index (κ2) is 8.13. The summed E-state index contributed by atoms with van der Waals surface area (Å²) in [5, 5.41) is 13.2. The third-order valence-corrected chi connectivity index (χ3v) is 5.69. The van der Waals surface area contributed by atoms with Crippen LogP contribution in [0.1, 0.15) is 52.5 Å². The number of amides is 1. The zero-order valence-electron chi connectivity index (χ0n) is 18.3. The molecule has 1 aliphatic carbocycles. The Balaban J connectivity index is 1.35. The SMILES string of the molecule is Cn1cc(-c2ccc3cn([C@H]4CC[C@H](CNC(=O)OC(C)(C)C)CC4)nc3c2)cn1. The van der Waals surface area contributed by atoms with Gasteiger partial charge in [0.25, 0.3) is 0 Å². The van der Waals surface area contributed by atoms with Crippen LogP contribution in [0.5, 0.6) is 0 Å². The number of alkyl carbamates (subject to hydrolysis) is 1. The zero-order chi connectivity index (χ0) is 21.3. The fourth-order valence-electron chi connectivity index (χ4n) is 4.13. The minimum atomic E-state index is -0.458. The van der Waals surface area contributed by atoms with E-state index in [1.165, 1.54) is 0 Å². The molecule has 0 bridgehead atoms. The first-order valence-electron chi connectivity index (χ1n) is 10.7. The molecular formula is C23H31N5O2. The standard InChI is InChI=1S/C23H31N5O2/c1-23(2,3)30-22(29)24-12-16-5-9-20(10-6-16)28-15-18-8-7-17(11-21(18)26-28)19-13-25-27(4)14-19/h7-8,11,13-16,20H,5-6,9-10,12H2,1-4H3,(H,24,29)/t16-,20-. The number of aromatic nitrogens is 4. The van der Waals surface area contributed by atoms with Crippen molar-refractivity contribution in [2.75, 3.05) is 6.54 Å². The van der Waals surface area contributed by atoms with E-state index in [2.05, 4.69) is 39.5 Å². The average molecular weight is 410 g/mol. The maximum Gasteiger partial charge on any atom is 0.407 e. The normalized spacial score (nSPS) is 19.7. The molecule has 30 heavy (non-hydrogen) atoms. The second-order valence-corrected chi connectivity index (χ2v) is 9.34. The lowest BCUT2D eigenvalue weighted by Gasteiger charge is -2.29. The van der Waals surface area contributed by atoms with Gasteiger partial charge in [-0.2, -0.15) is 10.2 Å². The predicted octanol–water partition coefficient (Wildman–Crippen LogP) is 4.69. The van der Waals surface area contributed by atoms with E-state index in [1.54, 1.807) is 0 Å². The van der Waals surface area contributed by atoms with Crippen molar-refractivity contribution in [3.05, 3.63) is 36.8 Å². The highest BCUT2D eigenvalue weighted by atomic mass is 16.6. The molecule has 160 valence electrons. The lowest BCUT2D eigenvalue weighted by atomic mass is 9.86. The summed E-state index contributed by atoms with van der Waals surface area (Å²) in [7, 11) is 1.93. The molecule has 0 spiro atoms. The van der Waals surface area contributed by atoms with Crippen molar-refractivity contribution in [3.63, 3.8) is 0 Å². The van der Waals surface area contributed by atoms with Gasteiger partial charge in [0.15, 0.2) is 0 Å². The molecule has 3 aromatic rings. The number of benzene rings is 1. The minimum Gasteiger partial charge on any atom is -0.444 e. The molecule has 0 saturated heterocycles. The van der Waals surface area contributed by atoms with Crippen molar-refractivity contribution in [2.45, 2.75) is 58.1 Å². The van der Waals surface area contributed by atoms with E-state index in [-0.39, 0.29) is 6.09 Å². The van der Waals surface area contributed by atoms with Gasteiger partial charge >= 0.3 is 6.09 Å². The first-order chi connectivity index (χ1) is 14.3. The summed E-state index contributed by atoms with van der Waals surface area (Å²) in [6.07, 6.45) is 10.0. The number of aryl methyl sites for hydroxylation is 1. The minimum absolute atomic E-state index is 0.327. The first-order valence-corrected chi connectivity index (χ1v) is 10.7.